The molecule has 1 unspecified atom stereocenters. The topological polar surface area (TPSA) is 26.0 Å². The molecule has 3 heteroatoms. The van der Waals surface area contributed by atoms with Crippen molar-refractivity contribution in [2.75, 3.05) is 0 Å². The number of benzene rings is 2. The van der Waals surface area contributed by atoms with Gasteiger partial charge in [-0.05, 0) is 30.2 Å². The first kappa shape index (κ1) is 12.1. The van der Waals surface area contributed by atoms with Crippen molar-refractivity contribution in [3.8, 4) is 0 Å². The number of halogens is 2. The Morgan fingerprint density at radius 3 is 2.59 bits per heavy atom. The highest BCUT2D eigenvalue weighted by atomic mass is 35.5. The second-order valence-corrected chi connectivity index (χ2v) is 4.40. The van der Waals surface area contributed by atoms with E-state index in [1.807, 2.05) is 18.2 Å². The lowest BCUT2D eigenvalue weighted by atomic mass is 9.99. The lowest BCUT2D eigenvalue weighted by Gasteiger charge is -2.13. The predicted molar refractivity (Wildman–Crippen MR) is 68.5 cm³/mol. The molecule has 88 valence electrons. The zero-order valence-electron chi connectivity index (χ0n) is 9.24. The predicted octanol–water partition coefficient (Wildman–Crippen LogP) is 3.72. The Bertz CT molecular complexity index is 513. The maximum Gasteiger partial charge on any atom is 0.127 e. The summed E-state index contributed by atoms with van der Waals surface area (Å²) in [5.74, 6) is -0.262. The lowest BCUT2D eigenvalue weighted by Crippen LogP contribution is -2.14. The van der Waals surface area contributed by atoms with E-state index in [1.54, 1.807) is 24.3 Å². The monoisotopic (exact) mass is 249 g/mol. The molecule has 0 aliphatic carbocycles. The van der Waals surface area contributed by atoms with E-state index in [0.29, 0.717) is 17.0 Å². The standard InChI is InChI=1S/C14H13ClFN/c15-11-5-3-4-10(8-11)9-14(17)12-6-1-2-7-13(12)16/h1-8,14H,9,17H2. The summed E-state index contributed by atoms with van der Waals surface area (Å²) >= 11 is 5.89. The molecule has 2 aromatic rings. The molecule has 17 heavy (non-hydrogen) atoms. The van der Waals surface area contributed by atoms with Crippen LogP contribution >= 0.6 is 11.6 Å². The van der Waals surface area contributed by atoms with Gasteiger partial charge in [-0.15, -0.1) is 0 Å². The van der Waals surface area contributed by atoms with E-state index < -0.39 is 0 Å². The van der Waals surface area contributed by atoms with E-state index in [-0.39, 0.29) is 11.9 Å². The molecule has 0 amide bonds. The SMILES string of the molecule is NC(Cc1cccc(Cl)c1)c1ccccc1F. The first-order valence-electron chi connectivity index (χ1n) is 5.41. The highest BCUT2D eigenvalue weighted by Crippen LogP contribution is 2.20. The molecule has 1 nitrogen and oxygen atoms in total. The first-order valence-corrected chi connectivity index (χ1v) is 5.79. The molecule has 0 heterocycles. The highest BCUT2D eigenvalue weighted by Gasteiger charge is 2.11. The van der Waals surface area contributed by atoms with Crippen molar-refractivity contribution in [2.45, 2.75) is 12.5 Å². The van der Waals surface area contributed by atoms with Crippen LogP contribution in [-0.4, -0.2) is 0 Å². The van der Waals surface area contributed by atoms with E-state index in [0.717, 1.165) is 5.56 Å². The summed E-state index contributed by atoms with van der Waals surface area (Å²) in [7, 11) is 0. The molecule has 0 saturated heterocycles. The zero-order chi connectivity index (χ0) is 12.3. The highest BCUT2D eigenvalue weighted by molar-refractivity contribution is 6.30. The fraction of sp³-hybridized carbons (Fsp3) is 0.143. The number of hydrogen-bond acceptors (Lipinski definition) is 1. The smallest absolute Gasteiger partial charge is 0.127 e. The maximum absolute atomic E-state index is 13.5. The molecule has 2 rings (SSSR count). The Balaban J connectivity index is 2.17. The summed E-state index contributed by atoms with van der Waals surface area (Å²) in [6.07, 6.45) is 0.571. The molecule has 0 aromatic heterocycles. The van der Waals surface area contributed by atoms with Gasteiger partial charge in [-0.3, -0.25) is 0 Å². The van der Waals surface area contributed by atoms with Crippen LogP contribution in [0.25, 0.3) is 0 Å². The van der Waals surface area contributed by atoms with Gasteiger partial charge in [-0.2, -0.15) is 0 Å². The van der Waals surface area contributed by atoms with Crippen LogP contribution in [0.4, 0.5) is 4.39 Å². The van der Waals surface area contributed by atoms with Gasteiger partial charge in [0, 0.05) is 16.6 Å². The van der Waals surface area contributed by atoms with Crippen molar-refractivity contribution >= 4 is 11.6 Å². The summed E-state index contributed by atoms with van der Waals surface area (Å²) < 4.78 is 13.5. The van der Waals surface area contributed by atoms with Crippen LogP contribution in [0.5, 0.6) is 0 Å². The fourth-order valence-electron chi connectivity index (χ4n) is 1.80. The molecule has 0 aliphatic rings. The van der Waals surface area contributed by atoms with Crippen molar-refractivity contribution in [1.29, 1.82) is 0 Å². The molecule has 0 bridgehead atoms. The molecular weight excluding hydrogens is 237 g/mol. The van der Waals surface area contributed by atoms with Crippen molar-refractivity contribution in [3.63, 3.8) is 0 Å². The van der Waals surface area contributed by atoms with E-state index in [2.05, 4.69) is 0 Å². The molecule has 0 radical (unpaired) electrons. The Kier molecular flexibility index (Phi) is 3.77. The third kappa shape index (κ3) is 3.05. The first-order chi connectivity index (χ1) is 8.16. The fourth-order valence-corrected chi connectivity index (χ4v) is 2.02. The Morgan fingerprint density at radius 2 is 1.88 bits per heavy atom. The second-order valence-electron chi connectivity index (χ2n) is 3.96. The molecule has 0 fully saturated rings. The maximum atomic E-state index is 13.5. The van der Waals surface area contributed by atoms with Gasteiger partial charge in [0.2, 0.25) is 0 Å². The van der Waals surface area contributed by atoms with Crippen LogP contribution < -0.4 is 5.73 Å². The summed E-state index contributed by atoms with van der Waals surface area (Å²) in [5.41, 5.74) is 7.54. The molecule has 0 spiro atoms. The third-order valence-corrected chi connectivity index (χ3v) is 2.88. The lowest BCUT2D eigenvalue weighted by molar-refractivity contribution is 0.580. The number of hydrogen-bond donors (Lipinski definition) is 1. The minimum absolute atomic E-state index is 0.262. The normalized spacial score (nSPS) is 12.4. The minimum Gasteiger partial charge on any atom is -0.324 e. The van der Waals surface area contributed by atoms with Crippen molar-refractivity contribution < 1.29 is 4.39 Å². The van der Waals surface area contributed by atoms with Crippen LogP contribution in [0.3, 0.4) is 0 Å². The Hall–Kier alpha value is -1.38. The van der Waals surface area contributed by atoms with Crippen LogP contribution in [0.1, 0.15) is 17.2 Å². The minimum atomic E-state index is -0.352. The molecule has 2 aromatic carbocycles. The van der Waals surface area contributed by atoms with Crippen LogP contribution in [0.2, 0.25) is 5.02 Å². The zero-order valence-corrected chi connectivity index (χ0v) is 9.99. The summed E-state index contributed by atoms with van der Waals surface area (Å²) in [6.45, 7) is 0. The van der Waals surface area contributed by atoms with Gasteiger partial charge in [0.1, 0.15) is 5.82 Å². The van der Waals surface area contributed by atoms with Gasteiger partial charge >= 0.3 is 0 Å². The van der Waals surface area contributed by atoms with Gasteiger partial charge in [-0.25, -0.2) is 4.39 Å². The van der Waals surface area contributed by atoms with Crippen molar-refractivity contribution in [3.05, 3.63) is 70.5 Å². The molecule has 1 atom stereocenters. The van der Waals surface area contributed by atoms with Gasteiger partial charge in [0.25, 0.3) is 0 Å². The van der Waals surface area contributed by atoms with Gasteiger partial charge < -0.3 is 5.73 Å². The van der Waals surface area contributed by atoms with Gasteiger partial charge in [0.15, 0.2) is 0 Å². The molecule has 0 saturated carbocycles. The summed E-state index contributed by atoms with van der Waals surface area (Å²) in [6, 6.07) is 13.7. The van der Waals surface area contributed by atoms with E-state index >= 15 is 0 Å². The number of nitrogens with two attached hydrogens (primary N) is 1. The molecule has 0 aliphatic heterocycles. The van der Waals surface area contributed by atoms with E-state index in [9.17, 15) is 4.39 Å². The summed E-state index contributed by atoms with van der Waals surface area (Å²) in [4.78, 5) is 0. The third-order valence-electron chi connectivity index (χ3n) is 2.65. The second kappa shape index (κ2) is 5.30. The van der Waals surface area contributed by atoms with Crippen LogP contribution in [0, 0.1) is 5.82 Å². The number of rotatable bonds is 3. The average molecular weight is 250 g/mol. The largest absolute Gasteiger partial charge is 0.324 e. The van der Waals surface area contributed by atoms with Gasteiger partial charge in [-0.1, -0.05) is 41.9 Å². The Morgan fingerprint density at radius 1 is 1.12 bits per heavy atom. The molecule has 2 N–H and O–H groups in total. The Labute approximate surface area is 105 Å². The van der Waals surface area contributed by atoms with Crippen molar-refractivity contribution in [1.82, 2.24) is 0 Å². The van der Waals surface area contributed by atoms with Gasteiger partial charge in [0.05, 0.1) is 0 Å². The average Bonchev–Trinajstić information content (AvgIpc) is 2.29. The van der Waals surface area contributed by atoms with E-state index in [1.165, 1.54) is 6.07 Å². The quantitative estimate of drug-likeness (QED) is 0.882. The van der Waals surface area contributed by atoms with Crippen molar-refractivity contribution in [2.24, 2.45) is 5.73 Å². The van der Waals surface area contributed by atoms with E-state index in [4.69, 9.17) is 17.3 Å². The van der Waals surface area contributed by atoms with Crippen LogP contribution in [-0.2, 0) is 6.42 Å². The van der Waals surface area contributed by atoms with Crippen LogP contribution in [0.15, 0.2) is 48.5 Å². The summed E-state index contributed by atoms with van der Waals surface area (Å²) in [5, 5.41) is 0.670. The molecular formula is C14H13ClFN.